The number of aliphatic carboxylic acids is 2. The molecule has 0 aromatic rings. The monoisotopic (exact) mass is 1790 g/mol. The van der Waals surface area contributed by atoms with Gasteiger partial charge in [0.05, 0.1) is 83.6 Å². The largest absolute Gasteiger partial charge is 0.481 e. The van der Waals surface area contributed by atoms with Crippen molar-refractivity contribution in [3.8, 4) is 0 Å². The summed E-state index contributed by atoms with van der Waals surface area (Å²) >= 11 is 0. The zero-order chi connectivity index (χ0) is 96.8. The minimum atomic E-state index is -0.722. The molecule has 2 N–H and O–H groups in total. The summed E-state index contributed by atoms with van der Waals surface area (Å²) in [6, 6.07) is 0. The van der Waals surface area contributed by atoms with Crippen LogP contribution in [0.1, 0.15) is 425 Å². The van der Waals surface area contributed by atoms with E-state index in [1.807, 2.05) is 125 Å². The van der Waals surface area contributed by atoms with Crippen LogP contribution in [0.3, 0.4) is 0 Å². The fraction of sp³-hybridized carbons (Fsp3) is 0.904. The van der Waals surface area contributed by atoms with Gasteiger partial charge in [-0.05, 0) is 295 Å². The van der Waals surface area contributed by atoms with Gasteiger partial charge in [-0.25, -0.2) is 0 Å². The molecule has 8 fully saturated rings. The van der Waals surface area contributed by atoms with Crippen LogP contribution in [0.15, 0.2) is 0 Å². The Kier molecular flexibility index (Phi) is 63.5. The number of unbranched alkanes of at least 4 members (excludes halogenated alkanes) is 2. The number of fused-ring (bicyclic) bond motifs is 10. The average molecular weight is 1790 g/mol. The number of carboxylic acid groups (broad SMARTS) is 2. The Balaban J connectivity index is 0. The topological polar surface area (TPSA) is 303 Å². The van der Waals surface area contributed by atoms with Crippen LogP contribution in [0.25, 0.3) is 0 Å². The van der Waals surface area contributed by atoms with E-state index in [0.717, 1.165) is 164 Å². The smallest absolute Gasteiger partial charge is 0.311 e. The summed E-state index contributed by atoms with van der Waals surface area (Å²) in [6.07, 6.45) is 39.8. The number of hydrogen-bond donors (Lipinski definition) is 2. The van der Waals surface area contributed by atoms with Crippen LogP contribution in [-0.2, 0) is 95.3 Å². The summed E-state index contributed by atoms with van der Waals surface area (Å²) in [5, 5.41) is 16.9. The molecule has 0 amide bonds. The predicted molar refractivity (Wildman–Crippen MR) is 504 cm³/mol. The molecule has 8 rings (SSSR count). The van der Waals surface area contributed by atoms with Gasteiger partial charge in [0.15, 0.2) is 0 Å². The van der Waals surface area contributed by atoms with Crippen LogP contribution >= 0.6 is 0 Å². The van der Waals surface area contributed by atoms with Gasteiger partial charge in [0.1, 0.15) is 36.6 Å². The first kappa shape index (κ1) is 123. The van der Waals surface area contributed by atoms with Gasteiger partial charge < -0.3 is 57.6 Å². The first-order chi connectivity index (χ1) is 59.2. The second kappa shape index (κ2) is 65.2. The number of methoxy groups -OCH3 is 2. The van der Waals surface area contributed by atoms with E-state index in [2.05, 4.69) is 41.5 Å². The molecule has 0 radical (unpaired) electrons. The molecule has 0 aromatic heterocycles. The second-order valence-corrected chi connectivity index (χ2v) is 40.0. The van der Waals surface area contributed by atoms with Crippen molar-refractivity contribution in [2.45, 2.75) is 448 Å². The molecular formula is C104H192O22. The van der Waals surface area contributed by atoms with E-state index in [1.165, 1.54) is 89.9 Å². The lowest BCUT2D eigenvalue weighted by Crippen LogP contribution is -2.38. The average Bonchev–Trinajstić information content (AvgIpc) is 1.60. The lowest BCUT2D eigenvalue weighted by Gasteiger charge is -2.36. The van der Waals surface area contributed by atoms with Crippen LogP contribution in [0, 0.1) is 105 Å². The van der Waals surface area contributed by atoms with E-state index in [-0.39, 0.29) is 118 Å². The number of esters is 8. The molecule has 126 heavy (non-hydrogen) atoms. The van der Waals surface area contributed by atoms with Gasteiger partial charge in [-0.2, -0.15) is 0 Å². The quantitative estimate of drug-likeness (QED) is 0.0330. The molecule has 16 atom stereocenters. The molecule has 22 nitrogen and oxygen atoms in total. The van der Waals surface area contributed by atoms with Crippen molar-refractivity contribution in [3.05, 3.63) is 0 Å². The van der Waals surface area contributed by atoms with Gasteiger partial charge in [-0.15, -0.1) is 0 Å². The molecule has 740 valence electrons. The Morgan fingerprint density at radius 1 is 0.317 bits per heavy atom. The lowest BCUT2D eigenvalue weighted by atomic mass is 9.80. The number of ether oxygens (including phenoxy) is 10. The number of carboxylic acids is 2. The van der Waals surface area contributed by atoms with Crippen LogP contribution < -0.4 is 0 Å². The maximum atomic E-state index is 12.2. The summed E-state index contributed by atoms with van der Waals surface area (Å²) in [4.78, 5) is 112. The Hall–Kier alpha value is -5.38. The molecule has 16 unspecified atom stereocenters. The van der Waals surface area contributed by atoms with Crippen molar-refractivity contribution < 1.29 is 106 Å². The van der Waals surface area contributed by atoms with E-state index in [0.29, 0.717) is 64.3 Å². The van der Waals surface area contributed by atoms with Crippen molar-refractivity contribution in [1.82, 2.24) is 0 Å². The zero-order valence-corrected chi connectivity index (χ0v) is 86.0. The standard InChI is InChI=1S/2C16H26O2.2C13H24O2.2C9H18O2.2C8H16O3.2C6H12O2/c2*1-4-16(2,3)15(17)18-14-9-10-8-13(14)12-7-5-6-11(10)12;2*1-4-11(3)12(14)15-13(5-2)9-7-6-8-10-13;2*1-4-6-7-11-9(10)8(3)5-2;2*1-4-7(2)8(9)11-6-5-10-3;2*1-4-6(2,3)5(7)8/h2*10-14H,4-9H2,1-3H3;2*11H,4-10H2,1-3H3;2*8H,4-7H2,1-3H3;2*7H,4-6H2,1-3H3;2*4H2,1-3H3,(H,7,8). The van der Waals surface area contributed by atoms with E-state index in [1.54, 1.807) is 41.9 Å². The minimum Gasteiger partial charge on any atom is -0.481 e. The van der Waals surface area contributed by atoms with Crippen LogP contribution in [0.2, 0.25) is 0 Å². The molecule has 22 heteroatoms. The lowest BCUT2D eigenvalue weighted by molar-refractivity contribution is -0.169. The summed E-state index contributed by atoms with van der Waals surface area (Å²) in [5.74, 6) is 5.30. The summed E-state index contributed by atoms with van der Waals surface area (Å²) < 4.78 is 52.4. The van der Waals surface area contributed by atoms with Crippen molar-refractivity contribution in [1.29, 1.82) is 0 Å². The van der Waals surface area contributed by atoms with E-state index < -0.39 is 22.8 Å². The zero-order valence-electron chi connectivity index (χ0n) is 86.0. The Morgan fingerprint density at radius 3 is 0.794 bits per heavy atom. The maximum absolute atomic E-state index is 12.2. The Morgan fingerprint density at radius 2 is 0.571 bits per heavy atom. The summed E-state index contributed by atoms with van der Waals surface area (Å²) in [5.41, 5.74) is -1.95. The molecule has 0 heterocycles. The van der Waals surface area contributed by atoms with Crippen LogP contribution in [0.4, 0.5) is 0 Å². The van der Waals surface area contributed by atoms with E-state index in [9.17, 15) is 47.9 Å². The van der Waals surface area contributed by atoms with Gasteiger partial charge in [0, 0.05) is 14.2 Å². The number of rotatable bonds is 38. The molecule has 0 aromatic carbocycles. The van der Waals surface area contributed by atoms with Gasteiger partial charge in [0.2, 0.25) is 0 Å². The van der Waals surface area contributed by atoms with Gasteiger partial charge in [-0.1, -0.05) is 177 Å². The van der Waals surface area contributed by atoms with Crippen LogP contribution in [-0.4, -0.2) is 147 Å². The van der Waals surface area contributed by atoms with Crippen LogP contribution in [0.5, 0.6) is 0 Å². The molecule has 0 aliphatic heterocycles. The molecule has 8 aliphatic rings. The summed E-state index contributed by atoms with van der Waals surface area (Å²) in [7, 11) is 3.16. The van der Waals surface area contributed by atoms with Gasteiger partial charge in [-0.3, -0.25) is 47.9 Å². The molecule has 4 bridgehead atoms. The normalized spacial score (nSPS) is 23.1. The highest BCUT2D eigenvalue weighted by molar-refractivity contribution is 5.77. The fourth-order valence-electron chi connectivity index (χ4n) is 16.2. The molecule has 8 aliphatic carbocycles. The SMILES string of the molecule is CCC(C)(C)C(=O)O.CCC(C)(C)C(=O)O.CCC(C)(C)C(=O)OC1CC2CC1C1CCCC21.CCC(C)(C)C(=O)OC1CC2CC1C1CCCC21.CCC(C)C(=O)OC1(CC)CCCCC1.CCC(C)C(=O)OC1(CC)CCCCC1.CCC(C)C(=O)OCCOC.CCC(C)C(=O)OCCOC.CCCCOC(=O)C(C)CC.CCCCOC(=O)C(C)CC. The summed E-state index contributed by atoms with van der Waals surface area (Å²) in [6.45, 7) is 57.4. The first-order valence-corrected chi connectivity index (χ1v) is 50.2. The predicted octanol–water partition coefficient (Wildman–Crippen LogP) is 25.2. The highest BCUT2D eigenvalue weighted by atomic mass is 16.6. The number of carbonyl (C=O) groups excluding carboxylic acids is 8. The highest BCUT2D eigenvalue weighted by Gasteiger charge is 2.57. The number of hydrogen-bond acceptors (Lipinski definition) is 20. The third kappa shape index (κ3) is 45.2. The van der Waals surface area contributed by atoms with E-state index >= 15 is 0 Å². The highest BCUT2D eigenvalue weighted by Crippen LogP contribution is 2.61. The minimum absolute atomic E-state index is 0.00116. The van der Waals surface area contributed by atoms with Crippen molar-refractivity contribution in [3.63, 3.8) is 0 Å². The fourth-order valence-corrected chi connectivity index (χ4v) is 16.2. The van der Waals surface area contributed by atoms with Crippen molar-refractivity contribution >= 4 is 59.7 Å². The number of carbonyl (C=O) groups is 10. The first-order valence-electron chi connectivity index (χ1n) is 50.2. The molecule has 0 saturated heterocycles. The van der Waals surface area contributed by atoms with Crippen molar-refractivity contribution in [2.75, 3.05) is 53.9 Å². The van der Waals surface area contributed by atoms with Crippen molar-refractivity contribution in [2.24, 2.45) is 105 Å². The second-order valence-electron chi connectivity index (χ2n) is 40.0. The van der Waals surface area contributed by atoms with E-state index in [4.69, 9.17) is 57.6 Å². The molecular weight excluding hydrogens is 1600 g/mol. The molecule has 0 spiro atoms. The molecule has 8 saturated carbocycles. The third-order valence-electron chi connectivity index (χ3n) is 29.1. The van der Waals surface area contributed by atoms with Gasteiger partial charge >= 0.3 is 59.7 Å². The van der Waals surface area contributed by atoms with Gasteiger partial charge in [0.25, 0.3) is 0 Å². The maximum Gasteiger partial charge on any atom is 0.311 e. The Labute approximate surface area is 768 Å². The third-order valence-corrected chi connectivity index (χ3v) is 29.1. The Bertz CT molecular complexity index is 2750.